The second-order valence-corrected chi connectivity index (χ2v) is 9.65. The van der Waals surface area contributed by atoms with E-state index in [0.717, 1.165) is 17.0 Å². The van der Waals surface area contributed by atoms with Gasteiger partial charge in [0.15, 0.2) is 0 Å². The van der Waals surface area contributed by atoms with Crippen LogP contribution in [-0.2, 0) is 19.1 Å². The van der Waals surface area contributed by atoms with Gasteiger partial charge in [0.2, 0.25) is 5.91 Å². The first-order chi connectivity index (χ1) is 14.6. The number of aliphatic carboxylic acids is 1. The third kappa shape index (κ3) is 9.39. The molecule has 0 aromatic rings. The largest absolute Gasteiger partial charge is 0.480 e. The highest BCUT2D eigenvalue weighted by atomic mass is 32.1. The Morgan fingerprint density at radius 2 is 1.48 bits per heavy atom. The fourth-order valence-electron chi connectivity index (χ4n) is 4.26. The molecule has 0 bridgehead atoms. The van der Waals surface area contributed by atoms with Crippen LogP contribution in [-0.4, -0.2) is 64.9 Å². The van der Waals surface area contributed by atoms with Crippen LogP contribution < -0.4 is 5.32 Å². The molecule has 2 fully saturated rings. The normalized spacial score (nSPS) is 19.0. The maximum Gasteiger partial charge on any atom is 0.331 e. The first-order valence-electron chi connectivity index (χ1n) is 11.6. The van der Waals surface area contributed by atoms with E-state index in [0.29, 0.717) is 0 Å². The minimum Gasteiger partial charge on any atom is -0.480 e. The molecule has 0 spiro atoms. The van der Waals surface area contributed by atoms with Crippen molar-refractivity contribution in [2.24, 2.45) is 5.92 Å². The zero-order chi connectivity index (χ0) is 23.4. The Balaban J connectivity index is 0.000000323. The molecule has 0 saturated heterocycles. The predicted molar refractivity (Wildman–Crippen MR) is 125 cm³/mol. The summed E-state index contributed by atoms with van der Waals surface area (Å²) in [6.45, 7) is 3.96. The van der Waals surface area contributed by atoms with Crippen LogP contribution in [0.5, 0.6) is 0 Å². The number of methoxy groups -OCH3 is 1. The molecule has 180 valence electrons. The number of carbonyl (C=O) groups excluding carboxylic acids is 2. The van der Waals surface area contributed by atoms with E-state index in [-0.39, 0.29) is 5.75 Å². The average Bonchev–Trinajstić information content (AvgIpc) is 2.77. The molecule has 7 nitrogen and oxygen atoms in total. The SMILES string of the molecule is C1CCC(NC2CCCCC2)CC1.COC(=O)C(C)(C)N(CC(=O)O)C(=O)[C@H](C)CS. The molecule has 0 aromatic heterocycles. The van der Waals surface area contributed by atoms with Crippen molar-refractivity contribution in [3.8, 4) is 0 Å². The second kappa shape index (κ2) is 14.0. The maximum atomic E-state index is 12.1. The van der Waals surface area contributed by atoms with Crippen molar-refractivity contribution in [2.45, 2.75) is 103 Å². The van der Waals surface area contributed by atoms with Gasteiger partial charge in [0.1, 0.15) is 12.1 Å². The Kier molecular flexibility index (Phi) is 12.5. The van der Waals surface area contributed by atoms with Crippen LogP contribution in [0.25, 0.3) is 0 Å². The van der Waals surface area contributed by atoms with Gasteiger partial charge in [-0.25, -0.2) is 4.79 Å². The highest BCUT2D eigenvalue weighted by Gasteiger charge is 2.41. The van der Waals surface area contributed by atoms with E-state index >= 15 is 0 Å². The third-order valence-electron chi connectivity index (χ3n) is 6.30. The van der Waals surface area contributed by atoms with Crippen LogP contribution in [0.15, 0.2) is 0 Å². The van der Waals surface area contributed by atoms with Crippen molar-refractivity contribution in [2.75, 3.05) is 19.4 Å². The second-order valence-electron chi connectivity index (χ2n) is 9.29. The van der Waals surface area contributed by atoms with Gasteiger partial charge in [0.05, 0.1) is 7.11 Å². The number of carboxylic acids is 1. The minimum atomic E-state index is -1.33. The smallest absolute Gasteiger partial charge is 0.331 e. The number of esters is 1. The van der Waals surface area contributed by atoms with Crippen LogP contribution >= 0.6 is 12.6 Å². The topological polar surface area (TPSA) is 95.9 Å². The number of hydrogen-bond donors (Lipinski definition) is 3. The van der Waals surface area contributed by atoms with Gasteiger partial charge in [0, 0.05) is 23.8 Å². The molecule has 0 heterocycles. The summed E-state index contributed by atoms with van der Waals surface area (Å²) in [6, 6.07) is 1.74. The molecule has 2 N–H and O–H groups in total. The van der Waals surface area contributed by atoms with Crippen LogP contribution in [0, 0.1) is 5.92 Å². The molecule has 1 atom stereocenters. The summed E-state index contributed by atoms with van der Waals surface area (Å²) in [4.78, 5) is 35.5. The van der Waals surface area contributed by atoms with Crippen molar-refractivity contribution < 1.29 is 24.2 Å². The number of carboxylic acid groups (broad SMARTS) is 1. The standard InChI is InChI=1S/C12H23N.C11H19NO5S/c1-3-7-11(8-4-1)13-12-9-5-2-6-10-12;1-7(6-18)9(15)12(5-8(13)14)11(2,3)10(16)17-4/h11-13H,1-10H2;7,18H,5-6H2,1-4H3,(H,13,14)/t;7-/m.1/s1. The minimum absolute atomic E-state index is 0.270. The number of nitrogens with zero attached hydrogens (tertiary/aromatic N) is 1. The highest BCUT2D eigenvalue weighted by molar-refractivity contribution is 7.80. The molecule has 2 aliphatic rings. The van der Waals surface area contributed by atoms with E-state index in [9.17, 15) is 14.4 Å². The number of ether oxygens (including phenoxy) is 1. The Morgan fingerprint density at radius 1 is 1.03 bits per heavy atom. The Labute approximate surface area is 193 Å². The maximum absolute atomic E-state index is 12.1. The molecule has 8 heteroatoms. The summed E-state index contributed by atoms with van der Waals surface area (Å²) < 4.78 is 4.60. The zero-order valence-corrected chi connectivity index (χ0v) is 20.6. The van der Waals surface area contributed by atoms with Gasteiger partial charge in [-0.1, -0.05) is 45.4 Å². The molecule has 31 heavy (non-hydrogen) atoms. The van der Waals surface area contributed by atoms with Crippen molar-refractivity contribution in [1.82, 2.24) is 10.2 Å². The highest BCUT2D eigenvalue weighted by Crippen LogP contribution is 2.23. The number of amides is 1. The van der Waals surface area contributed by atoms with Gasteiger partial charge in [-0.2, -0.15) is 12.6 Å². The van der Waals surface area contributed by atoms with Gasteiger partial charge in [-0.05, 0) is 39.5 Å². The van der Waals surface area contributed by atoms with Gasteiger partial charge in [0.25, 0.3) is 0 Å². The van der Waals surface area contributed by atoms with E-state index in [1.165, 1.54) is 85.2 Å². The van der Waals surface area contributed by atoms with Crippen molar-refractivity contribution in [1.29, 1.82) is 0 Å². The number of rotatable bonds is 8. The van der Waals surface area contributed by atoms with E-state index in [1.54, 1.807) is 6.92 Å². The number of thiol groups is 1. The van der Waals surface area contributed by atoms with Gasteiger partial charge in [-0.15, -0.1) is 0 Å². The van der Waals surface area contributed by atoms with Crippen molar-refractivity contribution in [3.05, 3.63) is 0 Å². The summed E-state index contributed by atoms with van der Waals surface area (Å²) in [6.07, 6.45) is 14.6. The van der Waals surface area contributed by atoms with Crippen LogP contribution in [0.3, 0.4) is 0 Å². The number of nitrogens with one attached hydrogen (secondary N) is 1. The molecule has 2 rings (SSSR count). The first-order valence-corrected chi connectivity index (χ1v) is 12.2. The quantitative estimate of drug-likeness (QED) is 0.379. The summed E-state index contributed by atoms with van der Waals surface area (Å²) in [7, 11) is 1.19. The van der Waals surface area contributed by atoms with Gasteiger partial charge in [-0.3, -0.25) is 9.59 Å². The molecular formula is C23H42N2O5S. The van der Waals surface area contributed by atoms with E-state index in [1.807, 2.05) is 0 Å². The lowest BCUT2D eigenvalue weighted by atomic mass is 9.91. The summed E-state index contributed by atoms with van der Waals surface area (Å²) in [5.74, 6) is -2.50. The molecule has 0 aromatic carbocycles. The molecule has 2 aliphatic carbocycles. The molecular weight excluding hydrogens is 416 g/mol. The summed E-state index contributed by atoms with van der Waals surface area (Å²) in [5.41, 5.74) is -1.33. The zero-order valence-electron chi connectivity index (χ0n) is 19.7. The molecule has 0 unspecified atom stereocenters. The van der Waals surface area contributed by atoms with E-state index < -0.39 is 35.8 Å². The lowest BCUT2D eigenvalue weighted by Gasteiger charge is -2.36. The Morgan fingerprint density at radius 3 is 1.84 bits per heavy atom. The Bertz CT molecular complexity index is 556. The van der Waals surface area contributed by atoms with Gasteiger partial charge < -0.3 is 20.1 Å². The molecule has 2 saturated carbocycles. The number of hydrogen-bond acceptors (Lipinski definition) is 6. The molecule has 1 amide bonds. The lowest BCUT2D eigenvalue weighted by molar-refractivity contribution is -0.163. The van der Waals surface area contributed by atoms with Crippen LogP contribution in [0.1, 0.15) is 85.0 Å². The van der Waals surface area contributed by atoms with Gasteiger partial charge >= 0.3 is 11.9 Å². The summed E-state index contributed by atoms with van der Waals surface area (Å²) >= 11 is 4.00. The Hall–Kier alpha value is -1.28. The molecule has 0 radical (unpaired) electrons. The monoisotopic (exact) mass is 458 g/mol. The van der Waals surface area contributed by atoms with Crippen LogP contribution in [0.4, 0.5) is 0 Å². The van der Waals surface area contributed by atoms with Crippen molar-refractivity contribution >= 4 is 30.5 Å². The lowest BCUT2D eigenvalue weighted by Crippen LogP contribution is -2.56. The fourth-order valence-corrected chi connectivity index (χ4v) is 4.42. The average molecular weight is 459 g/mol. The number of carbonyl (C=O) groups is 3. The van der Waals surface area contributed by atoms with E-state index in [2.05, 4.69) is 22.7 Å². The first kappa shape index (κ1) is 27.8. The molecule has 0 aliphatic heterocycles. The van der Waals surface area contributed by atoms with Crippen molar-refractivity contribution in [3.63, 3.8) is 0 Å². The summed E-state index contributed by atoms with van der Waals surface area (Å²) in [5, 5.41) is 12.7. The fraction of sp³-hybridized carbons (Fsp3) is 0.870. The van der Waals surface area contributed by atoms with Crippen LogP contribution in [0.2, 0.25) is 0 Å². The predicted octanol–water partition coefficient (Wildman–Crippen LogP) is 3.66. The van der Waals surface area contributed by atoms with E-state index in [4.69, 9.17) is 5.11 Å². The third-order valence-corrected chi connectivity index (χ3v) is 6.84.